The minimum Gasteiger partial charge on any atom is -0.309 e. The monoisotopic (exact) mass is 705 g/mol. The van der Waals surface area contributed by atoms with Crippen LogP contribution in [0.2, 0.25) is 0 Å². The van der Waals surface area contributed by atoms with Crippen LogP contribution in [-0.4, -0.2) is 0 Å². The number of benzene rings is 9. The summed E-state index contributed by atoms with van der Waals surface area (Å²) in [5, 5.41) is 5.08. The van der Waals surface area contributed by atoms with Gasteiger partial charge in [0.1, 0.15) is 0 Å². The zero-order chi connectivity index (χ0) is 35.8. The Morgan fingerprint density at radius 3 is 1.61 bits per heavy atom. The molecule has 0 saturated heterocycles. The average Bonchev–Trinajstić information content (AvgIpc) is 3.64. The van der Waals surface area contributed by atoms with Crippen LogP contribution in [0.3, 0.4) is 0 Å². The van der Waals surface area contributed by atoms with Crippen molar-refractivity contribution in [2.45, 2.75) is 0 Å². The third-order valence-corrected chi connectivity index (χ3v) is 11.7. The SMILES string of the molecule is c1ccc(-c2ccc(N(c3ccc(-c4cc(-c5ccccc5)c5ccccc5c4)cc3)c3cccc4c3sc3ccccc34)cc2-c2ccccc2)cc1. The highest BCUT2D eigenvalue weighted by Crippen LogP contribution is 2.47. The van der Waals surface area contributed by atoms with E-state index in [9.17, 15) is 0 Å². The second-order valence-electron chi connectivity index (χ2n) is 13.7. The fraction of sp³-hybridized carbons (Fsp3) is 0. The van der Waals surface area contributed by atoms with Crippen LogP contribution in [0, 0.1) is 0 Å². The summed E-state index contributed by atoms with van der Waals surface area (Å²) in [6.07, 6.45) is 0. The highest BCUT2D eigenvalue weighted by atomic mass is 32.1. The standard InChI is InChI=1S/C52H35NS/c1-4-15-37(16-5-1)45-32-31-43(35-49(45)39-19-8-3-9-20-39)53(50-25-14-24-47-46-23-12-13-26-51(46)54-52(47)50)42-29-27-36(28-30-42)41-33-40-21-10-11-22-44(40)48(34-41)38-17-6-2-7-18-38/h1-35H. The lowest BCUT2D eigenvalue weighted by atomic mass is 9.92. The third kappa shape index (κ3) is 5.74. The first-order valence-corrected chi connectivity index (χ1v) is 19.2. The molecule has 54 heavy (non-hydrogen) atoms. The average molecular weight is 706 g/mol. The van der Waals surface area contributed by atoms with Gasteiger partial charge in [0, 0.05) is 26.8 Å². The Morgan fingerprint density at radius 2 is 0.889 bits per heavy atom. The molecule has 254 valence electrons. The Bertz CT molecular complexity index is 2910. The third-order valence-electron chi connectivity index (χ3n) is 10.5. The van der Waals surface area contributed by atoms with E-state index in [4.69, 9.17) is 0 Å². The van der Waals surface area contributed by atoms with E-state index in [0.717, 1.165) is 11.4 Å². The largest absolute Gasteiger partial charge is 0.309 e. The van der Waals surface area contributed by atoms with Crippen LogP contribution >= 0.6 is 11.3 Å². The normalized spacial score (nSPS) is 11.3. The summed E-state index contributed by atoms with van der Waals surface area (Å²) in [5.74, 6) is 0. The molecule has 0 aliphatic carbocycles. The lowest BCUT2D eigenvalue weighted by molar-refractivity contribution is 1.30. The minimum absolute atomic E-state index is 1.11. The molecule has 0 radical (unpaired) electrons. The first-order valence-electron chi connectivity index (χ1n) is 18.4. The highest BCUT2D eigenvalue weighted by molar-refractivity contribution is 7.26. The van der Waals surface area contributed by atoms with E-state index in [1.807, 2.05) is 11.3 Å². The topological polar surface area (TPSA) is 3.24 Å². The molecule has 0 fully saturated rings. The van der Waals surface area contributed by atoms with E-state index in [-0.39, 0.29) is 0 Å². The van der Waals surface area contributed by atoms with Gasteiger partial charge in [0.05, 0.1) is 10.4 Å². The molecule has 0 aliphatic rings. The summed E-state index contributed by atoms with van der Waals surface area (Å²) < 4.78 is 2.57. The van der Waals surface area contributed by atoms with Gasteiger partial charge in [0.2, 0.25) is 0 Å². The Balaban J connectivity index is 1.16. The van der Waals surface area contributed by atoms with Crippen molar-refractivity contribution in [1.82, 2.24) is 0 Å². The van der Waals surface area contributed by atoms with E-state index in [1.165, 1.54) is 81.1 Å². The van der Waals surface area contributed by atoms with Crippen LogP contribution in [0.15, 0.2) is 212 Å². The minimum atomic E-state index is 1.11. The summed E-state index contributed by atoms with van der Waals surface area (Å²) in [4.78, 5) is 2.44. The lowest BCUT2D eigenvalue weighted by Crippen LogP contribution is -2.10. The smallest absolute Gasteiger partial charge is 0.0640 e. The Hall–Kier alpha value is -6.74. The van der Waals surface area contributed by atoms with Gasteiger partial charge in [-0.05, 0) is 104 Å². The van der Waals surface area contributed by atoms with E-state index in [2.05, 4.69) is 217 Å². The molecule has 10 rings (SSSR count). The van der Waals surface area contributed by atoms with Crippen molar-refractivity contribution in [1.29, 1.82) is 0 Å². The molecule has 0 amide bonds. The van der Waals surface area contributed by atoms with Gasteiger partial charge in [-0.15, -0.1) is 11.3 Å². The molecule has 1 aromatic heterocycles. The van der Waals surface area contributed by atoms with Crippen molar-refractivity contribution >= 4 is 59.3 Å². The number of anilines is 3. The molecule has 0 aliphatic heterocycles. The van der Waals surface area contributed by atoms with Crippen molar-refractivity contribution in [3.05, 3.63) is 212 Å². The molecule has 0 N–H and O–H groups in total. The summed E-state index contributed by atoms with van der Waals surface area (Å²) in [6.45, 7) is 0. The van der Waals surface area contributed by atoms with Crippen LogP contribution < -0.4 is 4.90 Å². The maximum Gasteiger partial charge on any atom is 0.0640 e. The van der Waals surface area contributed by atoms with E-state index < -0.39 is 0 Å². The number of rotatable bonds is 7. The number of hydrogen-bond donors (Lipinski definition) is 0. The van der Waals surface area contributed by atoms with Crippen LogP contribution in [-0.2, 0) is 0 Å². The van der Waals surface area contributed by atoms with Gasteiger partial charge in [-0.25, -0.2) is 0 Å². The maximum absolute atomic E-state index is 2.44. The number of nitrogens with zero attached hydrogens (tertiary/aromatic N) is 1. The van der Waals surface area contributed by atoms with Crippen molar-refractivity contribution < 1.29 is 0 Å². The zero-order valence-corrected chi connectivity index (χ0v) is 30.4. The number of fused-ring (bicyclic) bond motifs is 4. The molecule has 10 aromatic rings. The summed E-state index contributed by atoms with van der Waals surface area (Å²) in [7, 11) is 0. The quantitative estimate of drug-likeness (QED) is 0.160. The maximum atomic E-state index is 2.44. The summed E-state index contributed by atoms with van der Waals surface area (Å²) in [6, 6.07) is 77.1. The zero-order valence-electron chi connectivity index (χ0n) is 29.6. The van der Waals surface area contributed by atoms with Gasteiger partial charge in [-0.1, -0.05) is 164 Å². The Labute approximate surface area is 319 Å². The highest BCUT2D eigenvalue weighted by Gasteiger charge is 2.20. The molecule has 0 spiro atoms. The summed E-state index contributed by atoms with van der Waals surface area (Å²) >= 11 is 1.87. The Morgan fingerprint density at radius 1 is 0.315 bits per heavy atom. The molecule has 1 heterocycles. The van der Waals surface area contributed by atoms with Crippen LogP contribution in [0.1, 0.15) is 0 Å². The second kappa shape index (κ2) is 13.7. The second-order valence-corrected chi connectivity index (χ2v) is 14.8. The molecular weight excluding hydrogens is 671 g/mol. The van der Waals surface area contributed by atoms with Crippen molar-refractivity contribution in [2.75, 3.05) is 4.90 Å². The number of hydrogen-bond acceptors (Lipinski definition) is 2. The molecule has 2 heteroatoms. The first kappa shape index (κ1) is 32.0. The molecule has 0 atom stereocenters. The van der Waals surface area contributed by atoms with E-state index in [1.54, 1.807) is 0 Å². The predicted molar refractivity (Wildman–Crippen MR) is 233 cm³/mol. The molecule has 9 aromatic carbocycles. The molecule has 0 unspecified atom stereocenters. The van der Waals surface area contributed by atoms with E-state index >= 15 is 0 Å². The fourth-order valence-corrected chi connectivity index (χ4v) is 9.08. The first-order chi connectivity index (χ1) is 26.8. The van der Waals surface area contributed by atoms with Gasteiger partial charge in [0.25, 0.3) is 0 Å². The fourth-order valence-electron chi connectivity index (χ4n) is 7.87. The van der Waals surface area contributed by atoms with Gasteiger partial charge >= 0.3 is 0 Å². The van der Waals surface area contributed by atoms with Crippen LogP contribution in [0.4, 0.5) is 17.1 Å². The van der Waals surface area contributed by atoms with Crippen LogP contribution in [0.5, 0.6) is 0 Å². The van der Waals surface area contributed by atoms with E-state index in [0.29, 0.717) is 0 Å². The van der Waals surface area contributed by atoms with Gasteiger partial charge < -0.3 is 4.90 Å². The van der Waals surface area contributed by atoms with Crippen molar-refractivity contribution in [3.8, 4) is 44.5 Å². The lowest BCUT2D eigenvalue weighted by Gasteiger charge is -2.27. The van der Waals surface area contributed by atoms with Gasteiger partial charge in [-0.2, -0.15) is 0 Å². The van der Waals surface area contributed by atoms with Gasteiger partial charge in [0.15, 0.2) is 0 Å². The Kier molecular flexibility index (Phi) is 8.09. The van der Waals surface area contributed by atoms with Crippen molar-refractivity contribution in [3.63, 3.8) is 0 Å². The number of thiophene rings is 1. The summed E-state index contributed by atoms with van der Waals surface area (Å²) in [5.41, 5.74) is 13.1. The molecule has 0 bridgehead atoms. The molecular formula is C52H35NS. The predicted octanol–water partition coefficient (Wildman–Crippen LogP) is 15.3. The van der Waals surface area contributed by atoms with Crippen LogP contribution in [0.25, 0.3) is 75.5 Å². The molecule has 0 saturated carbocycles. The molecule has 1 nitrogen and oxygen atoms in total. The van der Waals surface area contributed by atoms with Gasteiger partial charge in [-0.3, -0.25) is 0 Å². The van der Waals surface area contributed by atoms with Crippen molar-refractivity contribution in [2.24, 2.45) is 0 Å².